The first kappa shape index (κ1) is 16.2. The number of amides is 1. The highest BCUT2D eigenvalue weighted by Crippen LogP contribution is 2.50. The van der Waals surface area contributed by atoms with Crippen LogP contribution >= 0.6 is 0 Å². The van der Waals surface area contributed by atoms with E-state index in [-0.39, 0.29) is 17.9 Å². The standard InChI is InChI=1S/C15H26N2O4/c1-4-21-11-9-15(16,14(11,2)3)13(20)17-7-5-10(6-8-17)12(18)19/h10-11H,4-9,16H2,1-3H3,(H,18,19). The lowest BCUT2D eigenvalue weighted by molar-refractivity contribution is -0.180. The van der Waals surface area contributed by atoms with Crippen molar-refractivity contribution in [3.63, 3.8) is 0 Å². The number of carbonyl (C=O) groups is 2. The average Bonchev–Trinajstić information content (AvgIpc) is 2.46. The molecule has 2 fully saturated rings. The molecular weight excluding hydrogens is 272 g/mol. The van der Waals surface area contributed by atoms with Crippen molar-refractivity contribution in [2.75, 3.05) is 19.7 Å². The van der Waals surface area contributed by atoms with Crippen LogP contribution < -0.4 is 5.73 Å². The second kappa shape index (κ2) is 5.57. The van der Waals surface area contributed by atoms with Crippen LogP contribution in [0.5, 0.6) is 0 Å². The molecule has 0 spiro atoms. The minimum absolute atomic E-state index is 0.00742. The Kier molecular flexibility index (Phi) is 4.31. The van der Waals surface area contributed by atoms with Crippen molar-refractivity contribution >= 4 is 11.9 Å². The molecule has 1 heterocycles. The molecule has 1 saturated heterocycles. The van der Waals surface area contributed by atoms with E-state index in [1.807, 2.05) is 20.8 Å². The molecule has 0 aromatic rings. The molecule has 1 amide bonds. The number of aliphatic carboxylic acids is 1. The van der Waals surface area contributed by atoms with E-state index in [9.17, 15) is 9.59 Å². The minimum Gasteiger partial charge on any atom is -0.481 e. The summed E-state index contributed by atoms with van der Waals surface area (Å²) in [5.74, 6) is -1.18. The Bertz CT molecular complexity index is 429. The summed E-state index contributed by atoms with van der Waals surface area (Å²) in [6, 6.07) is 0. The number of nitrogens with zero attached hydrogens (tertiary/aromatic N) is 1. The first-order valence-corrected chi connectivity index (χ1v) is 7.66. The smallest absolute Gasteiger partial charge is 0.306 e. The fourth-order valence-corrected chi connectivity index (χ4v) is 3.41. The number of nitrogens with two attached hydrogens (primary N) is 1. The topological polar surface area (TPSA) is 92.9 Å². The lowest BCUT2D eigenvalue weighted by Crippen LogP contribution is -2.76. The molecule has 0 bridgehead atoms. The summed E-state index contributed by atoms with van der Waals surface area (Å²) in [5, 5.41) is 9.01. The average molecular weight is 298 g/mol. The predicted molar refractivity (Wildman–Crippen MR) is 77.7 cm³/mol. The molecule has 0 aromatic heterocycles. The minimum atomic E-state index is -0.900. The van der Waals surface area contributed by atoms with Crippen molar-refractivity contribution in [2.45, 2.75) is 51.7 Å². The van der Waals surface area contributed by atoms with Gasteiger partial charge in [0.1, 0.15) is 5.54 Å². The summed E-state index contributed by atoms with van der Waals surface area (Å²) >= 11 is 0. The number of rotatable bonds is 4. The van der Waals surface area contributed by atoms with E-state index in [0.29, 0.717) is 39.0 Å². The number of ether oxygens (including phenoxy) is 1. The zero-order chi connectivity index (χ0) is 15.8. The van der Waals surface area contributed by atoms with Gasteiger partial charge in [0.25, 0.3) is 0 Å². The third kappa shape index (κ3) is 2.55. The second-order valence-corrected chi connectivity index (χ2v) is 6.75. The van der Waals surface area contributed by atoms with Crippen LogP contribution in [0.1, 0.15) is 40.0 Å². The van der Waals surface area contributed by atoms with Crippen molar-refractivity contribution in [3.05, 3.63) is 0 Å². The van der Waals surface area contributed by atoms with Crippen molar-refractivity contribution in [1.82, 2.24) is 4.90 Å². The Morgan fingerprint density at radius 2 is 1.90 bits per heavy atom. The van der Waals surface area contributed by atoms with E-state index >= 15 is 0 Å². The molecule has 6 heteroatoms. The highest BCUT2D eigenvalue weighted by Gasteiger charge is 2.63. The summed E-state index contributed by atoms with van der Waals surface area (Å²) in [6.45, 7) is 7.44. The van der Waals surface area contributed by atoms with Gasteiger partial charge in [-0.2, -0.15) is 0 Å². The summed E-state index contributed by atoms with van der Waals surface area (Å²) in [6.07, 6.45) is 1.55. The van der Waals surface area contributed by atoms with Crippen LogP contribution in [-0.2, 0) is 14.3 Å². The predicted octanol–water partition coefficient (Wildman–Crippen LogP) is 0.842. The molecule has 1 aliphatic heterocycles. The van der Waals surface area contributed by atoms with Gasteiger partial charge in [0.15, 0.2) is 0 Å². The highest BCUT2D eigenvalue weighted by atomic mass is 16.5. The number of piperidine rings is 1. The zero-order valence-electron chi connectivity index (χ0n) is 13.1. The summed E-state index contributed by atoms with van der Waals surface area (Å²) in [4.78, 5) is 25.4. The van der Waals surface area contributed by atoms with E-state index in [1.165, 1.54) is 0 Å². The van der Waals surface area contributed by atoms with Crippen LogP contribution in [0, 0.1) is 11.3 Å². The van der Waals surface area contributed by atoms with Crippen LogP contribution in [-0.4, -0.2) is 53.2 Å². The molecule has 6 nitrogen and oxygen atoms in total. The van der Waals surface area contributed by atoms with E-state index in [0.717, 1.165) is 0 Å². The molecule has 21 heavy (non-hydrogen) atoms. The maximum atomic E-state index is 12.7. The third-order valence-corrected chi connectivity index (χ3v) is 5.34. The SMILES string of the molecule is CCOC1CC(N)(C(=O)N2CCC(C(=O)O)CC2)C1(C)C. The fourth-order valence-electron chi connectivity index (χ4n) is 3.41. The third-order valence-electron chi connectivity index (χ3n) is 5.34. The van der Waals surface area contributed by atoms with Gasteiger partial charge in [-0.05, 0) is 19.8 Å². The molecule has 120 valence electrons. The number of hydrogen-bond acceptors (Lipinski definition) is 4. The maximum absolute atomic E-state index is 12.7. The van der Waals surface area contributed by atoms with E-state index in [4.69, 9.17) is 15.6 Å². The van der Waals surface area contributed by atoms with Crippen LogP contribution in [0.4, 0.5) is 0 Å². The van der Waals surface area contributed by atoms with Crippen LogP contribution in [0.25, 0.3) is 0 Å². The van der Waals surface area contributed by atoms with Crippen molar-refractivity contribution in [1.29, 1.82) is 0 Å². The van der Waals surface area contributed by atoms with Gasteiger partial charge in [0, 0.05) is 31.5 Å². The Balaban J connectivity index is 2.00. The molecule has 0 radical (unpaired) electrons. The van der Waals surface area contributed by atoms with Crippen molar-refractivity contribution < 1.29 is 19.4 Å². The summed E-state index contributed by atoms with van der Waals surface area (Å²) < 4.78 is 5.65. The first-order chi connectivity index (χ1) is 9.74. The highest BCUT2D eigenvalue weighted by molar-refractivity contribution is 5.89. The van der Waals surface area contributed by atoms with Gasteiger partial charge in [-0.25, -0.2) is 0 Å². The van der Waals surface area contributed by atoms with E-state index < -0.39 is 16.9 Å². The van der Waals surface area contributed by atoms with Crippen molar-refractivity contribution in [2.24, 2.45) is 17.1 Å². The lowest BCUT2D eigenvalue weighted by Gasteiger charge is -2.59. The van der Waals surface area contributed by atoms with Crippen LogP contribution in [0.2, 0.25) is 0 Å². The van der Waals surface area contributed by atoms with Gasteiger partial charge >= 0.3 is 5.97 Å². The molecule has 2 atom stereocenters. The molecule has 1 aliphatic carbocycles. The van der Waals surface area contributed by atoms with Gasteiger partial charge in [0.05, 0.1) is 12.0 Å². The van der Waals surface area contributed by atoms with E-state index in [1.54, 1.807) is 4.90 Å². The molecule has 1 saturated carbocycles. The number of likely N-dealkylation sites (tertiary alicyclic amines) is 1. The lowest BCUT2D eigenvalue weighted by atomic mass is 9.54. The van der Waals surface area contributed by atoms with E-state index in [2.05, 4.69) is 0 Å². The Labute approximate surface area is 125 Å². The Hall–Kier alpha value is -1.14. The molecular formula is C15H26N2O4. The quantitative estimate of drug-likeness (QED) is 0.802. The largest absolute Gasteiger partial charge is 0.481 e. The number of hydrogen-bond donors (Lipinski definition) is 2. The molecule has 2 rings (SSSR count). The van der Waals surface area contributed by atoms with Gasteiger partial charge in [-0.3, -0.25) is 9.59 Å². The maximum Gasteiger partial charge on any atom is 0.306 e. The van der Waals surface area contributed by atoms with Gasteiger partial charge < -0.3 is 20.5 Å². The van der Waals surface area contributed by atoms with Crippen molar-refractivity contribution in [3.8, 4) is 0 Å². The fraction of sp³-hybridized carbons (Fsp3) is 0.867. The summed E-state index contributed by atoms with van der Waals surface area (Å²) in [5.41, 5.74) is 5.08. The normalized spacial score (nSPS) is 32.6. The second-order valence-electron chi connectivity index (χ2n) is 6.75. The molecule has 0 aromatic carbocycles. The van der Waals surface area contributed by atoms with Gasteiger partial charge in [-0.1, -0.05) is 13.8 Å². The number of carboxylic acid groups (broad SMARTS) is 1. The monoisotopic (exact) mass is 298 g/mol. The van der Waals surface area contributed by atoms with Crippen LogP contribution in [0.3, 0.4) is 0 Å². The Morgan fingerprint density at radius 1 is 1.33 bits per heavy atom. The molecule has 2 unspecified atom stereocenters. The molecule has 3 N–H and O–H groups in total. The number of carbonyl (C=O) groups excluding carboxylic acids is 1. The summed E-state index contributed by atoms with van der Waals surface area (Å²) in [7, 11) is 0. The zero-order valence-corrected chi connectivity index (χ0v) is 13.1. The molecule has 2 aliphatic rings. The van der Waals surface area contributed by atoms with Crippen LogP contribution in [0.15, 0.2) is 0 Å². The number of carboxylic acids is 1. The van der Waals surface area contributed by atoms with Gasteiger partial charge in [-0.15, -0.1) is 0 Å². The first-order valence-electron chi connectivity index (χ1n) is 7.66. The van der Waals surface area contributed by atoms with Gasteiger partial charge in [0.2, 0.25) is 5.91 Å². The Morgan fingerprint density at radius 3 is 2.33 bits per heavy atom.